The number of hydrogen-bond acceptors (Lipinski definition) is 4. The normalized spacial score (nSPS) is 14.0. The van der Waals surface area contributed by atoms with Crippen molar-refractivity contribution in [1.82, 2.24) is 4.90 Å². The minimum atomic E-state index is -1.16. The van der Waals surface area contributed by atoms with Crippen molar-refractivity contribution in [3.63, 3.8) is 0 Å². The van der Waals surface area contributed by atoms with Gasteiger partial charge in [-0.15, -0.1) is 0 Å². The van der Waals surface area contributed by atoms with Gasteiger partial charge in [0.05, 0.1) is 12.2 Å². The molecule has 0 heterocycles. The summed E-state index contributed by atoms with van der Waals surface area (Å²) in [6.07, 6.45) is 0.393. The van der Waals surface area contributed by atoms with E-state index in [1.54, 1.807) is 19.1 Å². The van der Waals surface area contributed by atoms with Crippen LogP contribution in [-0.2, 0) is 9.47 Å². The molecule has 0 saturated heterocycles. The van der Waals surface area contributed by atoms with Crippen LogP contribution < -0.4 is 5.73 Å². The Balaban J connectivity index is 4.07. The van der Waals surface area contributed by atoms with Crippen molar-refractivity contribution < 1.29 is 14.3 Å². The topological polar surface area (TPSA) is 64.8 Å². The molecule has 1 amide bonds. The van der Waals surface area contributed by atoms with Crippen LogP contribution in [-0.4, -0.2) is 58.0 Å². The largest absolute Gasteiger partial charge is 0.450 e. The van der Waals surface area contributed by atoms with Crippen molar-refractivity contribution in [3.05, 3.63) is 0 Å². The number of carbonyl (C=O) groups excluding carboxylic acids is 1. The first-order chi connectivity index (χ1) is 8.97. The highest BCUT2D eigenvalue weighted by molar-refractivity contribution is 6.76. The lowest BCUT2D eigenvalue weighted by Gasteiger charge is -2.28. The van der Waals surface area contributed by atoms with Gasteiger partial charge in [-0.2, -0.15) is 0 Å². The van der Waals surface area contributed by atoms with Crippen LogP contribution in [0, 0.1) is 0 Å². The summed E-state index contributed by atoms with van der Waals surface area (Å²) in [5.41, 5.74) is 5.77. The molecule has 1 unspecified atom stereocenters. The van der Waals surface area contributed by atoms with Gasteiger partial charge in [0, 0.05) is 34.8 Å². The lowest BCUT2D eigenvalue weighted by Crippen LogP contribution is -2.43. The molecule has 2 N–H and O–H groups in total. The molecule has 120 valence electrons. The second kappa shape index (κ2) is 8.00. The van der Waals surface area contributed by atoms with E-state index in [4.69, 9.17) is 15.2 Å². The third-order valence-electron chi connectivity index (χ3n) is 3.20. The van der Waals surface area contributed by atoms with Gasteiger partial charge in [0.2, 0.25) is 0 Å². The van der Waals surface area contributed by atoms with Gasteiger partial charge >= 0.3 is 6.09 Å². The van der Waals surface area contributed by atoms with E-state index in [0.717, 1.165) is 6.04 Å². The van der Waals surface area contributed by atoms with Crippen molar-refractivity contribution in [2.75, 3.05) is 27.3 Å². The maximum atomic E-state index is 11.8. The summed E-state index contributed by atoms with van der Waals surface area (Å²) in [7, 11) is 2.22. The van der Waals surface area contributed by atoms with Crippen LogP contribution >= 0.6 is 0 Å². The van der Waals surface area contributed by atoms with Gasteiger partial charge in [0.25, 0.3) is 0 Å². The van der Waals surface area contributed by atoms with Crippen LogP contribution in [0.1, 0.15) is 20.3 Å². The number of nitrogens with two attached hydrogens (primary N) is 1. The number of carbonyl (C=O) groups is 1. The van der Waals surface area contributed by atoms with E-state index in [9.17, 15) is 4.79 Å². The van der Waals surface area contributed by atoms with Crippen LogP contribution in [0.15, 0.2) is 0 Å². The Morgan fingerprint density at radius 3 is 2.35 bits per heavy atom. The fraction of sp³-hybridized carbons (Fsp3) is 0.929. The number of methoxy groups -OCH3 is 1. The number of ether oxygens (including phenoxy) is 2. The van der Waals surface area contributed by atoms with E-state index in [1.807, 2.05) is 13.8 Å². The van der Waals surface area contributed by atoms with Crippen LogP contribution in [0.2, 0.25) is 25.7 Å². The van der Waals surface area contributed by atoms with Crippen molar-refractivity contribution >= 4 is 14.2 Å². The zero-order chi connectivity index (χ0) is 16.0. The fourth-order valence-electron chi connectivity index (χ4n) is 1.76. The Kier molecular flexibility index (Phi) is 7.76. The lowest BCUT2D eigenvalue weighted by molar-refractivity contribution is 0.00772. The molecule has 0 aromatic heterocycles. The molecule has 0 saturated carbocycles. The quantitative estimate of drug-likeness (QED) is 0.700. The Hall–Kier alpha value is -0.593. The molecule has 0 radical (unpaired) electrons. The van der Waals surface area contributed by atoms with Crippen LogP contribution in [0.3, 0.4) is 0 Å². The Morgan fingerprint density at radius 1 is 1.35 bits per heavy atom. The van der Waals surface area contributed by atoms with E-state index in [0.29, 0.717) is 19.6 Å². The summed E-state index contributed by atoms with van der Waals surface area (Å²) in [5.74, 6) is 0. The maximum absolute atomic E-state index is 11.8. The Morgan fingerprint density at radius 2 is 1.90 bits per heavy atom. The molecule has 0 fully saturated rings. The summed E-state index contributed by atoms with van der Waals surface area (Å²) in [5, 5.41) is 0. The third-order valence-corrected chi connectivity index (χ3v) is 4.91. The molecule has 0 aliphatic carbocycles. The minimum absolute atomic E-state index is 0.125. The van der Waals surface area contributed by atoms with Crippen molar-refractivity contribution in [1.29, 1.82) is 0 Å². The third kappa shape index (κ3) is 9.33. The highest BCUT2D eigenvalue weighted by Crippen LogP contribution is 2.15. The molecule has 0 rings (SSSR count). The van der Waals surface area contributed by atoms with E-state index in [-0.39, 0.29) is 17.7 Å². The van der Waals surface area contributed by atoms with E-state index < -0.39 is 8.07 Å². The molecule has 20 heavy (non-hydrogen) atoms. The second-order valence-corrected chi connectivity index (χ2v) is 12.9. The van der Waals surface area contributed by atoms with Gasteiger partial charge in [0.1, 0.15) is 0 Å². The highest BCUT2D eigenvalue weighted by Gasteiger charge is 2.23. The zero-order valence-corrected chi connectivity index (χ0v) is 15.2. The number of rotatable bonds is 8. The Labute approximate surface area is 124 Å². The smallest absolute Gasteiger partial charge is 0.409 e. The van der Waals surface area contributed by atoms with E-state index in [1.165, 1.54) is 0 Å². The molecule has 1 atom stereocenters. The van der Waals surface area contributed by atoms with Gasteiger partial charge in [0.15, 0.2) is 0 Å². The standard InChI is InChI=1S/C14H32N2O3Si/c1-14(2,18-4)10-12(15)11-16(3)13(17)19-8-9-20(5,6)7/h12H,8-11,15H2,1-7H3. The monoisotopic (exact) mass is 304 g/mol. The molecule has 6 heteroatoms. The molecular formula is C14H32N2O3Si. The molecule has 0 bridgehead atoms. The SMILES string of the molecule is COC(C)(C)CC(N)CN(C)C(=O)OCC[Si](C)(C)C. The predicted octanol–water partition coefficient (Wildman–Crippen LogP) is 2.54. The van der Waals surface area contributed by atoms with Gasteiger partial charge in [-0.25, -0.2) is 4.79 Å². The summed E-state index contributed by atoms with van der Waals surface area (Å²) in [6, 6.07) is 0.856. The molecule has 5 nitrogen and oxygen atoms in total. The van der Waals surface area contributed by atoms with Crippen LogP contribution in [0.5, 0.6) is 0 Å². The number of amides is 1. The fourth-order valence-corrected chi connectivity index (χ4v) is 2.47. The first kappa shape index (κ1) is 19.4. The summed E-state index contributed by atoms with van der Waals surface area (Å²) >= 11 is 0. The van der Waals surface area contributed by atoms with Gasteiger partial charge in [-0.3, -0.25) is 0 Å². The predicted molar refractivity (Wildman–Crippen MR) is 85.8 cm³/mol. The molecule has 0 aliphatic rings. The maximum Gasteiger partial charge on any atom is 0.409 e. The van der Waals surface area contributed by atoms with E-state index in [2.05, 4.69) is 19.6 Å². The minimum Gasteiger partial charge on any atom is -0.450 e. The van der Waals surface area contributed by atoms with Crippen molar-refractivity contribution in [2.24, 2.45) is 5.73 Å². The van der Waals surface area contributed by atoms with Crippen molar-refractivity contribution in [2.45, 2.75) is 57.6 Å². The molecule has 0 aromatic rings. The average molecular weight is 305 g/mol. The lowest BCUT2D eigenvalue weighted by atomic mass is 9.99. The van der Waals surface area contributed by atoms with E-state index >= 15 is 0 Å². The van der Waals surface area contributed by atoms with Crippen LogP contribution in [0.25, 0.3) is 0 Å². The molecule has 0 spiro atoms. The molecule has 0 aliphatic heterocycles. The Bertz CT molecular complexity index is 303. The van der Waals surface area contributed by atoms with Crippen molar-refractivity contribution in [3.8, 4) is 0 Å². The highest BCUT2D eigenvalue weighted by atomic mass is 28.3. The first-order valence-corrected chi connectivity index (χ1v) is 10.9. The summed E-state index contributed by atoms with van der Waals surface area (Å²) in [4.78, 5) is 13.4. The van der Waals surface area contributed by atoms with Gasteiger partial charge < -0.3 is 20.1 Å². The summed E-state index contributed by atoms with van der Waals surface area (Å²) in [6.45, 7) is 11.7. The molecular weight excluding hydrogens is 272 g/mol. The average Bonchev–Trinajstić information content (AvgIpc) is 2.26. The first-order valence-electron chi connectivity index (χ1n) is 7.15. The number of hydrogen-bond donors (Lipinski definition) is 1. The number of likely N-dealkylation sites (N-methyl/N-ethyl adjacent to an activating group) is 1. The summed E-state index contributed by atoms with van der Waals surface area (Å²) < 4.78 is 10.6. The van der Waals surface area contributed by atoms with Crippen LogP contribution in [0.4, 0.5) is 4.79 Å². The van der Waals surface area contributed by atoms with Gasteiger partial charge in [-0.1, -0.05) is 19.6 Å². The zero-order valence-electron chi connectivity index (χ0n) is 14.2. The second-order valence-electron chi connectivity index (χ2n) is 7.23. The molecule has 0 aromatic carbocycles. The number of nitrogens with zero attached hydrogens (tertiary/aromatic N) is 1. The van der Waals surface area contributed by atoms with Gasteiger partial charge in [-0.05, 0) is 26.3 Å².